The van der Waals surface area contributed by atoms with E-state index in [1.54, 1.807) is 6.92 Å². The number of amides is 1. The summed E-state index contributed by atoms with van der Waals surface area (Å²) in [4.78, 5) is 24.3. The molecule has 21 heavy (non-hydrogen) atoms. The molecule has 1 aromatic carbocycles. The predicted octanol–water partition coefficient (Wildman–Crippen LogP) is 1.47. The molecule has 1 N–H and O–H groups in total. The van der Waals surface area contributed by atoms with Crippen molar-refractivity contribution < 1.29 is 19.6 Å². The first-order valence-electron chi connectivity index (χ1n) is 6.41. The number of ether oxygens (including phenoxy) is 1. The van der Waals surface area contributed by atoms with Crippen LogP contribution in [0, 0.1) is 10.1 Å². The van der Waals surface area contributed by atoms with Gasteiger partial charge in [-0.1, -0.05) is 11.6 Å². The summed E-state index contributed by atoms with van der Waals surface area (Å²) in [6.07, 6.45) is -0.456. The topological polar surface area (TPSA) is 92.9 Å². The second-order valence-corrected chi connectivity index (χ2v) is 5.27. The standard InChI is InChI=1S/C13H15ClN2O5/c1-8-7-21-10(6-17)5-15(8)13(18)11-4-9(16(19)20)2-3-12(11)14/h2-4,8,10,17H,5-7H2,1H3. The second-order valence-electron chi connectivity index (χ2n) is 4.87. The SMILES string of the molecule is CC1COC(CO)CN1C(=O)c1cc([N+](=O)[O-])ccc1Cl. The average molecular weight is 315 g/mol. The van der Waals surface area contributed by atoms with Gasteiger partial charge in [0.15, 0.2) is 0 Å². The number of aliphatic hydroxyl groups excluding tert-OH is 1. The smallest absolute Gasteiger partial charge is 0.270 e. The monoisotopic (exact) mass is 314 g/mol. The number of benzene rings is 1. The zero-order valence-electron chi connectivity index (χ0n) is 11.4. The van der Waals surface area contributed by atoms with Crippen molar-refractivity contribution in [2.45, 2.75) is 19.1 Å². The lowest BCUT2D eigenvalue weighted by Crippen LogP contribution is -2.52. The third kappa shape index (κ3) is 3.31. The van der Waals surface area contributed by atoms with Gasteiger partial charge in [-0.15, -0.1) is 0 Å². The van der Waals surface area contributed by atoms with Crippen LogP contribution in [0.2, 0.25) is 5.02 Å². The van der Waals surface area contributed by atoms with Gasteiger partial charge < -0.3 is 14.7 Å². The summed E-state index contributed by atoms with van der Waals surface area (Å²) >= 11 is 5.98. The first-order valence-corrected chi connectivity index (χ1v) is 6.79. The van der Waals surface area contributed by atoms with E-state index >= 15 is 0 Å². The van der Waals surface area contributed by atoms with Crippen LogP contribution < -0.4 is 0 Å². The largest absolute Gasteiger partial charge is 0.394 e. The van der Waals surface area contributed by atoms with Crippen LogP contribution in [-0.2, 0) is 4.74 Å². The van der Waals surface area contributed by atoms with E-state index in [1.165, 1.54) is 23.1 Å². The van der Waals surface area contributed by atoms with E-state index < -0.39 is 16.9 Å². The molecule has 2 atom stereocenters. The molecule has 1 aliphatic rings. The molecule has 7 nitrogen and oxygen atoms in total. The Kier molecular flexibility index (Phi) is 4.76. The lowest BCUT2D eigenvalue weighted by molar-refractivity contribution is -0.384. The summed E-state index contributed by atoms with van der Waals surface area (Å²) in [6, 6.07) is 3.55. The number of hydrogen-bond donors (Lipinski definition) is 1. The van der Waals surface area contributed by atoms with Gasteiger partial charge >= 0.3 is 0 Å². The number of nitro groups is 1. The first kappa shape index (κ1) is 15.7. The van der Waals surface area contributed by atoms with E-state index in [9.17, 15) is 14.9 Å². The van der Waals surface area contributed by atoms with E-state index in [0.29, 0.717) is 6.61 Å². The molecule has 114 valence electrons. The highest BCUT2D eigenvalue weighted by Crippen LogP contribution is 2.25. The first-order chi connectivity index (χ1) is 9.93. The van der Waals surface area contributed by atoms with E-state index in [4.69, 9.17) is 21.4 Å². The molecular weight excluding hydrogens is 300 g/mol. The second kappa shape index (κ2) is 6.38. The minimum Gasteiger partial charge on any atom is -0.394 e. The van der Waals surface area contributed by atoms with Crippen molar-refractivity contribution in [1.29, 1.82) is 0 Å². The Morgan fingerprint density at radius 1 is 1.62 bits per heavy atom. The van der Waals surface area contributed by atoms with Gasteiger partial charge in [-0.3, -0.25) is 14.9 Å². The van der Waals surface area contributed by atoms with E-state index in [1.807, 2.05) is 0 Å². The third-order valence-electron chi connectivity index (χ3n) is 3.36. The van der Waals surface area contributed by atoms with Gasteiger partial charge in [0.05, 0.1) is 40.9 Å². The zero-order chi connectivity index (χ0) is 15.6. The Morgan fingerprint density at radius 3 is 2.95 bits per heavy atom. The van der Waals surface area contributed by atoms with Crippen LogP contribution in [0.4, 0.5) is 5.69 Å². The van der Waals surface area contributed by atoms with Crippen molar-refractivity contribution in [3.8, 4) is 0 Å². The molecule has 1 saturated heterocycles. The highest BCUT2D eigenvalue weighted by Gasteiger charge is 2.31. The maximum absolute atomic E-state index is 12.5. The maximum Gasteiger partial charge on any atom is 0.270 e. The summed E-state index contributed by atoms with van der Waals surface area (Å²) in [5.41, 5.74) is -0.112. The molecule has 1 fully saturated rings. The van der Waals surface area contributed by atoms with Crippen molar-refractivity contribution >= 4 is 23.2 Å². The molecule has 0 spiro atoms. The van der Waals surface area contributed by atoms with Crippen LogP contribution in [0.5, 0.6) is 0 Å². The van der Waals surface area contributed by atoms with Crippen LogP contribution in [-0.4, -0.2) is 52.7 Å². The van der Waals surface area contributed by atoms with Crippen LogP contribution in [0.15, 0.2) is 18.2 Å². The normalized spacial score (nSPS) is 22.1. The Hall–Kier alpha value is -1.70. The fourth-order valence-electron chi connectivity index (χ4n) is 2.16. The van der Waals surface area contributed by atoms with Gasteiger partial charge in [-0.2, -0.15) is 0 Å². The van der Waals surface area contributed by atoms with E-state index in [-0.39, 0.29) is 35.5 Å². The van der Waals surface area contributed by atoms with Crippen LogP contribution >= 0.6 is 11.6 Å². The Bertz CT molecular complexity index is 565. The van der Waals surface area contributed by atoms with Gasteiger partial charge in [0, 0.05) is 18.7 Å². The van der Waals surface area contributed by atoms with Crippen molar-refractivity contribution in [3.63, 3.8) is 0 Å². The number of non-ortho nitro benzene ring substituents is 1. The Morgan fingerprint density at radius 2 is 2.33 bits per heavy atom. The zero-order valence-corrected chi connectivity index (χ0v) is 12.1. The lowest BCUT2D eigenvalue weighted by atomic mass is 10.1. The molecule has 2 unspecified atom stereocenters. The third-order valence-corrected chi connectivity index (χ3v) is 3.69. The maximum atomic E-state index is 12.5. The number of rotatable bonds is 3. The lowest BCUT2D eigenvalue weighted by Gasteiger charge is -2.37. The highest BCUT2D eigenvalue weighted by atomic mass is 35.5. The van der Waals surface area contributed by atoms with Crippen LogP contribution in [0.25, 0.3) is 0 Å². The Balaban J connectivity index is 2.30. The highest BCUT2D eigenvalue weighted by molar-refractivity contribution is 6.33. The predicted molar refractivity (Wildman–Crippen MR) is 75.4 cm³/mol. The number of nitro benzene ring substituents is 1. The molecule has 0 radical (unpaired) electrons. The number of halogens is 1. The average Bonchev–Trinajstić information content (AvgIpc) is 2.47. The van der Waals surface area contributed by atoms with Crippen molar-refractivity contribution in [3.05, 3.63) is 38.9 Å². The number of aliphatic hydroxyl groups is 1. The molecule has 0 saturated carbocycles. The summed E-state index contributed by atoms with van der Waals surface area (Å²) < 4.78 is 5.36. The van der Waals surface area contributed by atoms with Crippen molar-refractivity contribution in [2.75, 3.05) is 19.8 Å². The molecule has 0 bridgehead atoms. The molecular formula is C13H15ClN2O5. The van der Waals surface area contributed by atoms with Gasteiger partial charge in [-0.25, -0.2) is 0 Å². The van der Waals surface area contributed by atoms with Crippen molar-refractivity contribution in [1.82, 2.24) is 4.90 Å². The Labute approximate surface area is 126 Å². The summed E-state index contributed by atoms with van der Waals surface area (Å²) in [7, 11) is 0. The van der Waals surface area contributed by atoms with E-state index in [0.717, 1.165) is 0 Å². The van der Waals surface area contributed by atoms with Crippen LogP contribution in [0.3, 0.4) is 0 Å². The molecule has 1 heterocycles. The molecule has 1 aliphatic heterocycles. The number of carbonyl (C=O) groups is 1. The quantitative estimate of drug-likeness (QED) is 0.673. The fraction of sp³-hybridized carbons (Fsp3) is 0.462. The molecule has 1 amide bonds. The summed E-state index contributed by atoms with van der Waals surface area (Å²) in [5, 5.41) is 20.1. The van der Waals surface area contributed by atoms with Gasteiger partial charge in [-0.05, 0) is 13.0 Å². The minimum absolute atomic E-state index is 0.0799. The van der Waals surface area contributed by atoms with Crippen molar-refractivity contribution in [2.24, 2.45) is 0 Å². The minimum atomic E-state index is -0.577. The number of hydrogen-bond acceptors (Lipinski definition) is 5. The molecule has 0 aromatic heterocycles. The van der Waals surface area contributed by atoms with Gasteiger partial charge in [0.2, 0.25) is 0 Å². The number of morpholine rings is 1. The summed E-state index contributed by atoms with van der Waals surface area (Å²) in [6.45, 7) is 2.12. The molecule has 0 aliphatic carbocycles. The number of nitrogens with zero attached hydrogens (tertiary/aromatic N) is 2. The molecule has 8 heteroatoms. The van der Waals surface area contributed by atoms with E-state index in [2.05, 4.69) is 0 Å². The van der Waals surface area contributed by atoms with Gasteiger partial charge in [0.1, 0.15) is 0 Å². The van der Waals surface area contributed by atoms with Crippen LogP contribution in [0.1, 0.15) is 17.3 Å². The number of carbonyl (C=O) groups excluding carboxylic acids is 1. The fourth-order valence-corrected chi connectivity index (χ4v) is 2.35. The summed E-state index contributed by atoms with van der Waals surface area (Å²) in [5.74, 6) is -0.405. The molecule has 1 aromatic rings. The van der Waals surface area contributed by atoms with Gasteiger partial charge in [0.25, 0.3) is 11.6 Å². The molecule has 2 rings (SSSR count).